The van der Waals surface area contributed by atoms with Crippen LogP contribution >= 0.6 is 0 Å². The SMILES string of the molecule is NC(=NO)c1ccc(C=CC(=O)NC(c2cccc(C(F)(F)F)c2)C(F)(F)F)cc1C(F)(F)F. The minimum atomic E-state index is -5.18. The van der Waals surface area contributed by atoms with Gasteiger partial charge in [0.15, 0.2) is 11.9 Å². The lowest BCUT2D eigenvalue weighted by atomic mass is 10.0. The van der Waals surface area contributed by atoms with Crippen molar-refractivity contribution >= 4 is 17.8 Å². The van der Waals surface area contributed by atoms with Gasteiger partial charge in [-0.1, -0.05) is 23.4 Å². The number of nitrogens with zero attached hydrogens (tertiary/aromatic N) is 1. The van der Waals surface area contributed by atoms with E-state index in [9.17, 15) is 44.3 Å². The predicted molar refractivity (Wildman–Crippen MR) is 101 cm³/mol. The molecule has 2 aromatic carbocycles. The largest absolute Gasteiger partial charge is 0.417 e. The van der Waals surface area contributed by atoms with Crippen molar-refractivity contribution in [2.45, 2.75) is 24.6 Å². The van der Waals surface area contributed by atoms with E-state index in [4.69, 9.17) is 10.9 Å². The van der Waals surface area contributed by atoms with Gasteiger partial charge in [0.05, 0.1) is 11.1 Å². The number of hydrogen-bond donors (Lipinski definition) is 3. The molecule has 0 saturated heterocycles. The first-order valence-electron chi connectivity index (χ1n) is 8.95. The van der Waals surface area contributed by atoms with Crippen LogP contribution in [0.4, 0.5) is 39.5 Å². The number of nitrogens with two attached hydrogens (primary N) is 1. The van der Waals surface area contributed by atoms with Gasteiger partial charge in [-0.05, 0) is 41.5 Å². The van der Waals surface area contributed by atoms with Crippen molar-refractivity contribution in [1.29, 1.82) is 0 Å². The van der Waals surface area contributed by atoms with E-state index >= 15 is 0 Å². The zero-order chi connectivity index (χ0) is 25.9. The summed E-state index contributed by atoms with van der Waals surface area (Å²) < 4.78 is 118. The second kappa shape index (κ2) is 9.65. The standard InChI is InChI=1S/C20H14F9N3O2/c21-18(22,23)12-3-1-2-11(9-12)16(20(27,28)29)31-15(33)7-5-10-4-6-13(17(30)32-34)14(8-10)19(24,25)26/h1-9,16,34H,(H2,30,32)(H,31,33). The minimum absolute atomic E-state index is 0.226. The molecule has 0 aliphatic heterocycles. The Bertz CT molecular complexity index is 1100. The second-order valence-corrected chi connectivity index (χ2v) is 6.73. The van der Waals surface area contributed by atoms with Crippen LogP contribution in [0.5, 0.6) is 0 Å². The Labute approximate surface area is 185 Å². The van der Waals surface area contributed by atoms with Gasteiger partial charge in [0.2, 0.25) is 5.91 Å². The Morgan fingerprint density at radius 3 is 2.15 bits per heavy atom. The van der Waals surface area contributed by atoms with Gasteiger partial charge in [-0.15, -0.1) is 0 Å². The van der Waals surface area contributed by atoms with Gasteiger partial charge in [0.1, 0.15) is 0 Å². The molecule has 184 valence electrons. The topological polar surface area (TPSA) is 87.7 Å². The fourth-order valence-corrected chi connectivity index (χ4v) is 2.79. The lowest BCUT2D eigenvalue weighted by Gasteiger charge is -2.22. The molecule has 34 heavy (non-hydrogen) atoms. The van der Waals surface area contributed by atoms with Crippen molar-refractivity contribution in [1.82, 2.24) is 5.32 Å². The summed E-state index contributed by atoms with van der Waals surface area (Å²) in [6, 6.07) is 1.76. The molecule has 0 aliphatic carbocycles. The summed E-state index contributed by atoms with van der Waals surface area (Å²) in [6.45, 7) is 0. The number of benzene rings is 2. The highest BCUT2D eigenvalue weighted by atomic mass is 19.4. The molecule has 1 unspecified atom stereocenters. The third-order valence-electron chi connectivity index (χ3n) is 4.32. The first-order chi connectivity index (χ1) is 15.5. The van der Waals surface area contributed by atoms with E-state index in [-0.39, 0.29) is 11.6 Å². The van der Waals surface area contributed by atoms with E-state index in [1.54, 1.807) is 0 Å². The van der Waals surface area contributed by atoms with Gasteiger partial charge in [-0.2, -0.15) is 39.5 Å². The van der Waals surface area contributed by atoms with Crippen LogP contribution in [0.25, 0.3) is 6.08 Å². The summed E-state index contributed by atoms with van der Waals surface area (Å²) in [4.78, 5) is 12.0. The van der Waals surface area contributed by atoms with Crippen molar-refractivity contribution in [2.24, 2.45) is 10.9 Å². The number of carbonyl (C=O) groups is 1. The van der Waals surface area contributed by atoms with Crippen LogP contribution in [-0.4, -0.2) is 23.1 Å². The van der Waals surface area contributed by atoms with E-state index < -0.39 is 58.6 Å². The molecule has 0 aliphatic rings. The zero-order valence-electron chi connectivity index (χ0n) is 16.6. The van der Waals surface area contributed by atoms with Crippen LogP contribution in [0.1, 0.15) is 33.9 Å². The van der Waals surface area contributed by atoms with Crippen LogP contribution in [0, 0.1) is 0 Å². The highest BCUT2D eigenvalue weighted by molar-refractivity contribution is 5.99. The molecule has 1 atom stereocenters. The van der Waals surface area contributed by atoms with Crippen LogP contribution in [0.15, 0.2) is 53.7 Å². The number of amides is 1. The van der Waals surface area contributed by atoms with Gasteiger partial charge in [0, 0.05) is 11.6 Å². The van der Waals surface area contributed by atoms with Crippen LogP contribution < -0.4 is 11.1 Å². The first-order valence-corrected chi connectivity index (χ1v) is 8.95. The number of carbonyl (C=O) groups excluding carboxylic acids is 1. The summed E-state index contributed by atoms with van der Waals surface area (Å²) in [5, 5.41) is 12.6. The molecule has 0 bridgehead atoms. The maximum absolute atomic E-state index is 13.4. The van der Waals surface area contributed by atoms with Crippen molar-refractivity contribution in [3.63, 3.8) is 0 Å². The van der Waals surface area contributed by atoms with Crippen molar-refractivity contribution in [3.8, 4) is 0 Å². The average molecular weight is 499 g/mol. The van der Waals surface area contributed by atoms with Gasteiger partial charge < -0.3 is 16.3 Å². The Morgan fingerprint density at radius 2 is 1.62 bits per heavy atom. The quantitative estimate of drug-likeness (QED) is 0.131. The monoisotopic (exact) mass is 499 g/mol. The Balaban J connectivity index is 2.33. The molecule has 0 radical (unpaired) electrons. The van der Waals surface area contributed by atoms with Crippen LogP contribution in [-0.2, 0) is 17.1 Å². The molecular formula is C20H14F9N3O2. The van der Waals surface area contributed by atoms with Gasteiger partial charge >= 0.3 is 18.5 Å². The van der Waals surface area contributed by atoms with Crippen molar-refractivity contribution < 1.29 is 49.5 Å². The summed E-state index contributed by atoms with van der Waals surface area (Å²) in [5.74, 6) is -2.29. The molecule has 4 N–H and O–H groups in total. The number of alkyl halides is 9. The van der Waals surface area contributed by atoms with E-state index in [1.165, 1.54) is 5.32 Å². The Kier molecular flexibility index (Phi) is 7.53. The molecule has 2 aromatic rings. The van der Waals surface area contributed by atoms with E-state index in [1.807, 2.05) is 0 Å². The molecule has 1 amide bonds. The molecule has 14 heteroatoms. The van der Waals surface area contributed by atoms with Gasteiger partial charge in [-0.3, -0.25) is 4.79 Å². The summed E-state index contributed by atoms with van der Waals surface area (Å²) >= 11 is 0. The van der Waals surface area contributed by atoms with E-state index in [2.05, 4.69) is 5.16 Å². The number of nitrogens with one attached hydrogen (secondary N) is 1. The normalized spacial score (nSPS) is 14.3. The fourth-order valence-electron chi connectivity index (χ4n) is 2.79. The Morgan fingerprint density at radius 1 is 0.971 bits per heavy atom. The summed E-state index contributed by atoms with van der Waals surface area (Å²) in [5.41, 5.74) is 0.625. The minimum Gasteiger partial charge on any atom is -0.409 e. The lowest BCUT2D eigenvalue weighted by Crippen LogP contribution is -2.37. The maximum Gasteiger partial charge on any atom is 0.417 e. The Hall–Kier alpha value is -3.71. The number of oxime groups is 1. The maximum atomic E-state index is 13.4. The molecule has 2 rings (SSSR count). The zero-order valence-corrected chi connectivity index (χ0v) is 16.6. The summed E-state index contributed by atoms with van der Waals surface area (Å²) in [6.07, 6.45) is -13.8. The molecule has 0 saturated carbocycles. The van der Waals surface area contributed by atoms with Crippen LogP contribution in [0.3, 0.4) is 0 Å². The highest BCUT2D eigenvalue weighted by Crippen LogP contribution is 2.36. The number of halogens is 9. The number of rotatable bonds is 5. The fraction of sp³-hybridized carbons (Fsp3) is 0.200. The number of hydrogen-bond acceptors (Lipinski definition) is 3. The summed E-state index contributed by atoms with van der Waals surface area (Å²) in [7, 11) is 0. The molecular weight excluding hydrogens is 485 g/mol. The molecule has 0 heterocycles. The smallest absolute Gasteiger partial charge is 0.409 e. The van der Waals surface area contributed by atoms with Crippen molar-refractivity contribution in [2.75, 3.05) is 0 Å². The predicted octanol–water partition coefficient (Wildman–Crippen LogP) is 5.25. The lowest BCUT2D eigenvalue weighted by molar-refractivity contribution is -0.162. The average Bonchev–Trinajstić information content (AvgIpc) is 2.73. The van der Waals surface area contributed by atoms with Crippen LogP contribution in [0.2, 0.25) is 0 Å². The van der Waals surface area contributed by atoms with E-state index in [0.29, 0.717) is 18.2 Å². The third kappa shape index (κ3) is 6.65. The van der Waals surface area contributed by atoms with E-state index in [0.717, 1.165) is 30.3 Å². The van der Waals surface area contributed by atoms with Gasteiger partial charge in [-0.25, -0.2) is 0 Å². The molecule has 0 spiro atoms. The number of amidine groups is 1. The van der Waals surface area contributed by atoms with Gasteiger partial charge in [0.25, 0.3) is 0 Å². The third-order valence-corrected chi connectivity index (χ3v) is 4.32. The molecule has 0 aromatic heterocycles. The van der Waals surface area contributed by atoms with Crippen molar-refractivity contribution in [3.05, 3.63) is 76.4 Å². The molecule has 5 nitrogen and oxygen atoms in total. The highest BCUT2D eigenvalue weighted by Gasteiger charge is 2.42. The molecule has 0 fully saturated rings. The first kappa shape index (κ1) is 26.5. The second-order valence-electron chi connectivity index (χ2n) is 6.73.